The molecule has 0 amide bonds. The molecule has 0 unspecified atom stereocenters. The Labute approximate surface area is 179 Å². The zero-order chi connectivity index (χ0) is 23.3. The average molecular weight is 436 g/mol. The third-order valence-corrected chi connectivity index (χ3v) is 9.13. The minimum absolute atomic E-state index is 0.0220. The number of nitrogens with zero attached hydrogens (tertiary/aromatic N) is 3. The first-order valence-corrected chi connectivity index (χ1v) is 12.7. The van der Waals surface area contributed by atoms with Gasteiger partial charge in [0.05, 0.1) is 6.61 Å². The molecule has 0 aromatic carbocycles. The molecule has 9 heteroatoms. The second-order valence-corrected chi connectivity index (χ2v) is 14.2. The van der Waals surface area contributed by atoms with Crippen LogP contribution in [0, 0.1) is 0 Å². The van der Waals surface area contributed by atoms with Crippen LogP contribution in [0.2, 0.25) is 18.1 Å². The van der Waals surface area contributed by atoms with Crippen LogP contribution < -0.4 is 0 Å². The van der Waals surface area contributed by atoms with Gasteiger partial charge in [-0.05, 0) is 57.6 Å². The number of carbonyl (C=O) groups excluding carboxylic acids is 2. The average Bonchev–Trinajstić information content (AvgIpc) is 3.01. The molecule has 1 rings (SSSR count). The molecule has 0 fully saturated rings. The molecule has 0 saturated carbocycles. The van der Waals surface area contributed by atoms with E-state index >= 15 is 0 Å². The van der Waals surface area contributed by atoms with E-state index in [-0.39, 0.29) is 29.5 Å². The standard InChI is InChI=1S/C21H33N3O5Si/c1-15(29-30(8,9)21(5,6)7)17(23-22)18(25)27-14-12-16-11-10-13-24(16)19(26)28-20(2,3)4/h10-11,13H,1,12,14H2,2-9H3. The van der Waals surface area contributed by atoms with Crippen LogP contribution in [0.25, 0.3) is 5.53 Å². The molecule has 166 valence electrons. The van der Waals surface area contributed by atoms with E-state index in [1.807, 2.05) is 33.9 Å². The smallest absolute Gasteiger partial charge is 0.438 e. The molecule has 0 spiro atoms. The number of ether oxygens (including phenoxy) is 2. The Morgan fingerprint density at radius 3 is 2.30 bits per heavy atom. The lowest BCUT2D eigenvalue weighted by Crippen LogP contribution is -2.42. The van der Waals surface area contributed by atoms with Gasteiger partial charge in [-0.25, -0.2) is 9.59 Å². The molecule has 0 atom stereocenters. The minimum Gasteiger partial charge on any atom is -0.538 e. The molecule has 1 aromatic heterocycles. The summed E-state index contributed by atoms with van der Waals surface area (Å²) in [6, 6.07) is 3.44. The van der Waals surface area contributed by atoms with Gasteiger partial charge in [-0.1, -0.05) is 20.8 Å². The summed E-state index contributed by atoms with van der Waals surface area (Å²) < 4.78 is 17.8. The van der Waals surface area contributed by atoms with Crippen molar-refractivity contribution in [2.45, 2.75) is 71.7 Å². The summed E-state index contributed by atoms with van der Waals surface area (Å²) in [6.45, 7) is 19.2. The maximum atomic E-state index is 12.3. The lowest BCUT2D eigenvalue weighted by molar-refractivity contribution is -0.140. The SMILES string of the molecule is C=C(O[Si](C)(C)C(C)(C)C)C(=[N+]=[N-])C(=O)OCCc1cccn1C(=O)OC(C)(C)C. The summed E-state index contributed by atoms with van der Waals surface area (Å²) in [5, 5.41) is -0.118. The van der Waals surface area contributed by atoms with E-state index in [2.05, 4.69) is 11.4 Å². The highest BCUT2D eigenvalue weighted by molar-refractivity contribution is 6.74. The topological polar surface area (TPSA) is 103 Å². The Balaban J connectivity index is 2.73. The molecule has 1 heterocycles. The highest BCUT2D eigenvalue weighted by Gasteiger charge is 2.42. The van der Waals surface area contributed by atoms with Crippen LogP contribution in [0.1, 0.15) is 47.2 Å². The summed E-state index contributed by atoms with van der Waals surface area (Å²) in [4.78, 5) is 27.6. The third kappa shape index (κ3) is 7.00. The largest absolute Gasteiger partial charge is 0.538 e. The van der Waals surface area contributed by atoms with Crippen molar-refractivity contribution < 1.29 is 28.3 Å². The fourth-order valence-electron chi connectivity index (χ4n) is 2.15. The molecule has 0 radical (unpaired) electrons. The van der Waals surface area contributed by atoms with Gasteiger partial charge in [-0.15, -0.1) is 0 Å². The van der Waals surface area contributed by atoms with Gasteiger partial charge in [0, 0.05) is 18.3 Å². The lowest BCUT2D eigenvalue weighted by atomic mass is 10.2. The monoisotopic (exact) mass is 435 g/mol. The molecule has 0 bridgehead atoms. The fraction of sp³-hybridized carbons (Fsp3) is 0.571. The van der Waals surface area contributed by atoms with Crippen molar-refractivity contribution in [3.8, 4) is 0 Å². The first-order chi connectivity index (χ1) is 13.6. The predicted octanol–water partition coefficient (Wildman–Crippen LogP) is 4.56. The first-order valence-electron chi connectivity index (χ1n) is 9.76. The fourth-order valence-corrected chi connectivity index (χ4v) is 3.16. The second-order valence-electron chi connectivity index (χ2n) is 9.47. The Hall–Kier alpha value is -2.64. The number of carbonyl (C=O) groups is 2. The normalized spacial score (nSPS) is 12.0. The molecular formula is C21H33N3O5Si. The second kappa shape index (κ2) is 9.45. The van der Waals surface area contributed by atoms with Gasteiger partial charge in [-0.2, -0.15) is 4.79 Å². The van der Waals surface area contributed by atoms with Crippen LogP contribution in [0.15, 0.2) is 30.7 Å². The summed E-state index contributed by atoms with van der Waals surface area (Å²) in [5.41, 5.74) is 8.90. The van der Waals surface area contributed by atoms with E-state index in [9.17, 15) is 15.1 Å². The molecule has 0 aliphatic carbocycles. The lowest BCUT2D eigenvalue weighted by Gasteiger charge is -2.36. The Morgan fingerprint density at radius 1 is 1.20 bits per heavy atom. The van der Waals surface area contributed by atoms with Gasteiger partial charge in [0.1, 0.15) is 5.60 Å². The van der Waals surface area contributed by atoms with Crippen LogP contribution in [-0.4, -0.2) is 47.7 Å². The third-order valence-electron chi connectivity index (χ3n) is 4.76. The van der Waals surface area contributed by atoms with Crippen molar-refractivity contribution in [3.63, 3.8) is 0 Å². The Morgan fingerprint density at radius 2 is 1.80 bits per heavy atom. The van der Waals surface area contributed by atoms with Crippen LogP contribution >= 0.6 is 0 Å². The van der Waals surface area contributed by atoms with Gasteiger partial charge in [0.25, 0.3) is 8.32 Å². The van der Waals surface area contributed by atoms with Gasteiger partial charge < -0.3 is 19.4 Å². The molecular weight excluding hydrogens is 402 g/mol. The maximum Gasteiger partial charge on any atom is 0.438 e. The van der Waals surface area contributed by atoms with Crippen molar-refractivity contribution in [2.75, 3.05) is 6.61 Å². The zero-order valence-corrected chi connectivity index (χ0v) is 20.2. The van der Waals surface area contributed by atoms with E-state index in [0.29, 0.717) is 5.69 Å². The van der Waals surface area contributed by atoms with Gasteiger partial charge in [-0.3, -0.25) is 4.57 Å². The van der Waals surface area contributed by atoms with Crippen molar-refractivity contribution >= 4 is 26.1 Å². The molecule has 0 N–H and O–H groups in total. The zero-order valence-electron chi connectivity index (χ0n) is 19.2. The van der Waals surface area contributed by atoms with Crippen LogP contribution in [0.3, 0.4) is 0 Å². The van der Waals surface area contributed by atoms with Gasteiger partial charge in [0.15, 0.2) is 5.76 Å². The highest BCUT2D eigenvalue weighted by atomic mass is 28.4. The number of aromatic nitrogens is 1. The number of hydrogen-bond donors (Lipinski definition) is 0. The van der Waals surface area contributed by atoms with Crippen LogP contribution in [-0.2, 0) is 25.1 Å². The minimum atomic E-state index is -2.26. The van der Waals surface area contributed by atoms with Crippen molar-refractivity contribution in [1.29, 1.82) is 0 Å². The van der Waals surface area contributed by atoms with Gasteiger partial charge in [0.2, 0.25) is 0 Å². The Bertz CT molecular complexity index is 853. The predicted molar refractivity (Wildman–Crippen MR) is 117 cm³/mol. The van der Waals surface area contributed by atoms with E-state index in [1.54, 1.807) is 39.1 Å². The van der Waals surface area contributed by atoms with E-state index in [0.717, 1.165) is 0 Å². The van der Waals surface area contributed by atoms with E-state index < -0.39 is 26.0 Å². The van der Waals surface area contributed by atoms with Gasteiger partial charge >= 0.3 is 17.8 Å². The number of hydrogen-bond acceptors (Lipinski definition) is 5. The quantitative estimate of drug-likeness (QED) is 0.156. The maximum absolute atomic E-state index is 12.3. The number of rotatable bonds is 7. The summed E-state index contributed by atoms with van der Waals surface area (Å²) in [6.07, 6.45) is 1.34. The molecule has 0 aliphatic heterocycles. The Kier molecular flexibility index (Phi) is 8.00. The molecule has 0 aliphatic rings. The highest BCUT2D eigenvalue weighted by Crippen LogP contribution is 2.37. The molecule has 30 heavy (non-hydrogen) atoms. The summed E-state index contributed by atoms with van der Waals surface area (Å²) in [7, 11) is -2.26. The summed E-state index contributed by atoms with van der Waals surface area (Å²) in [5.74, 6) is -0.872. The number of esters is 1. The molecule has 8 nitrogen and oxygen atoms in total. The summed E-state index contributed by atoms with van der Waals surface area (Å²) >= 11 is 0. The molecule has 0 saturated heterocycles. The first kappa shape index (κ1) is 25.4. The molecule has 1 aromatic rings. The van der Waals surface area contributed by atoms with Crippen LogP contribution in [0.5, 0.6) is 0 Å². The van der Waals surface area contributed by atoms with Crippen molar-refractivity contribution in [1.82, 2.24) is 4.57 Å². The van der Waals surface area contributed by atoms with E-state index in [1.165, 1.54) is 4.57 Å². The van der Waals surface area contributed by atoms with Crippen molar-refractivity contribution in [2.24, 2.45) is 0 Å². The van der Waals surface area contributed by atoms with Crippen molar-refractivity contribution in [3.05, 3.63) is 41.9 Å². The van der Waals surface area contributed by atoms with Crippen LogP contribution in [0.4, 0.5) is 4.79 Å². The van der Waals surface area contributed by atoms with E-state index in [4.69, 9.17) is 13.9 Å².